The molecule has 130 valence electrons. The van der Waals surface area contributed by atoms with Crippen LogP contribution in [-0.2, 0) is 19.1 Å². The summed E-state index contributed by atoms with van der Waals surface area (Å²) in [5, 5.41) is 2.94. The van der Waals surface area contributed by atoms with Crippen LogP contribution in [0.2, 0.25) is 0 Å². The highest BCUT2D eigenvalue weighted by molar-refractivity contribution is 5.94. The van der Waals surface area contributed by atoms with Gasteiger partial charge in [-0.05, 0) is 25.0 Å². The topological polar surface area (TPSA) is 80.8 Å². The van der Waals surface area contributed by atoms with E-state index in [1.165, 1.54) is 7.11 Å². The van der Waals surface area contributed by atoms with E-state index in [1.807, 2.05) is 6.07 Å². The van der Waals surface area contributed by atoms with Crippen molar-refractivity contribution in [2.75, 3.05) is 45.3 Å². The summed E-state index contributed by atoms with van der Waals surface area (Å²) in [6, 6.07) is 3.59. The fraction of sp³-hybridized carbons (Fsp3) is 0.588. The standard InChI is InChI=1S/C17H23N3O4/c1-23-11-15(21)20-10-14(17(12-20)4-7-24-8-5-17)16(22)19-13-3-2-6-18-9-13/h2-3,6,9,14H,4-5,7-8,10-12H2,1H3,(H,19,22). The number of carbonyl (C=O) groups is 2. The van der Waals surface area contributed by atoms with Crippen molar-refractivity contribution in [1.82, 2.24) is 9.88 Å². The smallest absolute Gasteiger partial charge is 0.248 e. The first-order valence-electron chi connectivity index (χ1n) is 8.20. The first kappa shape index (κ1) is 16.9. The van der Waals surface area contributed by atoms with Crippen LogP contribution in [0.1, 0.15) is 12.8 Å². The number of amides is 2. The molecule has 7 nitrogen and oxygen atoms in total. The first-order chi connectivity index (χ1) is 11.6. The van der Waals surface area contributed by atoms with E-state index in [4.69, 9.17) is 9.47 Å². The van der Waals surface area contributed by atoms with Gasteiger partial charge in [0.25, 0.3) is 0 Å². The largest absolute Gasteiger partial charge is 0.381 e. The first-order valence-corrected chi connectivity index (χ1v) is 8.20. The zero-order chi connectivity index (χ0) is 17.0. The number of aromatic nitrogens is 1. The molecule has 1 aromatic heterocycles. The lowest BCUT2D eigenvalue weighted by atomic mass is 9.71. The van der Waals surface area contributed by atoms with E-state index in [-0.39, 0.29) is 29.8 Å². The van der Waals surface area contributed by atoms with Gasteiger partial charge in [0, 0.05) is 45.0 Å². The number of pyridine rings is 1. The van der Waals surface area contributed by atoms with Crippen molar-refractivity contribution in [2.45, 2.75) is 12.8 Å². The second-order valence-electron chi connectivity index (χ2n) is 6.47. The second-order valence-corrected chi connectivity index (χ2v) is 6.47. The number of ether oxygens (including phenoxy) is 2. The molecule has 1 N–H and O–H groups in total. The number of hydrogen-bond acceptors (Lipinski definition) is 5. The monoisotopic (exact) mass is 333 g/mol. The number of nitrogens with one attached hydrogen (secondary N) is 1. The maximum Gasteiger partial charge on any atom is 0.248 e. The summed E-state index contributed by atoms with van der Waals surface area (Å²) in [7, 11) is 1.50. The maximum atomic E-state index is 12.9. The molecular weight excluding hydrogens is 310 g/mol. The van der Waals surface area contributed by atoms with E-state index in [9.17, 15) is 9.59 Å². The molecule has 2 fully saturated rings. The van der Waals surface area contributed by atoms with Crippen molar-refractivity contribution in [1.29, 1.82) is 0 Å². The minimum Gasteiger partial charge on any atom is -0.381 e. The number of carbonyl (C=O) groups excluding carboxylic acids is 2. The normalized spacial score (nSPS) is 22.5. The highest BCUT2D eigenvalue weighted by Crippen LogP contribution is 2.44. The molecule has 1 atom stereocenters. The molecule has 0 bridgehead atoms. The SMILES string of the molecule is COCC(=O)N1CC(C(=O)Nc2cccnc2)C2(CCOCC2)C1. The molecule has 24 heavy (non-hydrogen) atoms. The van der Waals surface area contributed by atoms with Crippen molar-refractivity contribution in [3.63, 3.8) is 0 Å². The van der Waals surface area contributed by atoms with Crippen LogP contribution in [0.4, 0.5) is 5.69 Å². The van der Waals surface area contributed by atoms with Gasteiger partial charge in [0.05, 0.1) is 17.8 Å². The molecule has 2 aliphatic rings. The molecule has 1 unspecified atom stereocenters. The number of rotatable bonds is 4. The highest BCUT2D eigenvalue weighted by Gasteiger charge is 2.51. The zero-order valence-corrected chi connectivity index (χ0v) is 13.9. The molecule has 2 saturated heterocycles. The third kappa shape index (κ3) is 3.42. The van der Waals surface area contributed by atoms with Gasteiger partial charge in [0.1, 0.15) is 6.61 Å². The van der Waals surface area contributed by atoms with Gasteiger partial charge in [-0.1, -0.05) is 0 Å². The van der Waals surface area contributed by atoms with E-state index in [1.54, 1.807) is 23.4 Å². The molecule has 0 radical (unpaired) electrons. The van der Waals surface area contributed by atoms with E-state index < -0.39 is 0 Å². The summed E-state index contributed by atoms with van der Waals surface area (Å²) >= 11 is 0. The van der Waals surface area contributed by atoms with Crippen LogP contribution in [0.5, 0.6) is 0 Å². The van der Waals surface area contributed by atoms with Crippen molar-refractivity contribution in [2.24, 2.45) is 11.3 Å². The molecule has 7 heteroatoms. The van der Waals surface area contributed by atoms with Crippen LogP contribution in [0.15, 0.2) is 24.5 Å². The second kappa shape index (κ2) is 7.27. The van der Waals surface area contributed by atoms with Gasteiger partial charge in [-0.15, -0.1) is 0 Å². The number of anilines is 1. The van der Waals surface area contributed by atoms with Crippen LogP contribution in [0.25, 0.3) is 0 Å². The van der Waals surface area contributed by atoms with Crippen molar-refractivity contribution in [3.8, 4) is 0 Å². The molecule has 2 amide bonds. The fourth-order valence-electron chi connectivity index (χ4n) is 3.69. The van der Waals surface area contributed by atoms with E-state index in [0.29, 0.717) is 32.0 Å². The Kier molecular flexibility index (Phi) is 5.11. The zero-order valence-electron chi connectivity index (χ0n) is 13.9. The lowest BCUT2D eigenvalue weighted by Gasteiger charge is -2.37. The van der Waals surface area contributed by atoms with Gasteiger partial charge < -0.3 is 19.7 Å². The van der Waals surface area contributed by atoms with E-state index in [2.05, 4.69) is 10.3 Å². The Labute approximate surface area is 141 Å². The molecule has 3 heterocycles. The van der Waals surface area contributed by atoms with Gasteiger partial charge in [0.2, 0.25) is 11.8 Å². The Morgan fingerprint density at radius 2 is 2.25 bits per heavy atom. The Morgan fingerprint density at radius 1 is 1.46 bits per heavy atom. The molecule has 2 aliphatic heterocycles. The van der Waals surface area contributed by atoms with Crippen molar-refractivity contribution >= 4 is 17.5 Å². The Hall–Kier alpha value is -1.99. The summed E-state index contributed by atoms with van der Waals surface area (Å²) in [5.41, 5.74) is 0.458. The molecule has 0 aromatic carbocycles. The van der Waals surface area contributed by atoms with Crippen LogP contribution in [0.3, 0.4) is 0 Å². The minimum absolute atomic E-state index is 0.0452. The van der Waals surface area contributed by atoms with Crippen molar-refractivity contribution in [3.05, 3.63) is 24.5 Å². The van der Waals surface area contributed by atoms with Gasteiger partial charge in [-0.2, -0.15) is 0 Å². The third-order valence-electron chi connectivity index (χ3n) is 5.00. The predicted molar refractivity (Wildman–Crippen MR) is 87.3 cm³/mol. The number of likely N-dealkylation sites (tertiary alicyclic amines) is 1. The van der Waals surface area contributed by atoms with E-state index in [0.717, 1.165) is 12.8 Å². The predicted octanol–water partition coefficient (Wildman–Crippen LogP) is 0.922. The number of nitrogens with zero attached hydrogens (tertiary/aromatic N) is 2. The molecule has 0 saturated carbocycles. The highest BCUT2D eigenvalue weighted by atomic mass is 16.5. The van der Waals surface area contributed by atoms with Crippen molar-refractivity contribution < 1.29 is 19.1 Å². The third-order valence-corrected chi connectivity index (χ3v) is 5.00. The Morgan fingerprint density at radius 3 is 2.92 bits per heavy atom. The molecular formula is C17H23N3O4. The average molecular weight is 333 g/mol. The molecule has 1 aromatic rings. The molecule has 0 aliphatic carbocycles. The summed E-state index contributed by atoms with van der Waals surface area (Å²) in [5.74, 6) is -0.375. The lowest BCUT2D eigenvalue weighted by Crippen LogP contribution is -2.42. The van der Waals surface area contributed by atoms with Gasteiger partial charge in [-0.3, -0.25) is 14.6 Å². The quantitative estimate of drug-likeness (QED) is 0.886. The van der Waals surface area contributed by atoms with Crippen LogP contribution in [-0.4, -0.2) is 61.7 Å². The average Bonchev–Trinajstić information content (AvgIpc) is 2.96. The Bertz CT molecular complexity index is 587. The lowest BCUT2D eigenvalue weighted by molar-refractivity contribution is -0.134. The summed E-state index contributed by atoms with van der Waals surface area (Å²) in [6.45, 7) is 2.31. The summed E-state index contributed by atoms with van der Waals surface area (Å²) in [6.07, 6.45) is 4.86. The Balaban J connectivity index is 1.77. The summed E-state index contributed by atoms with van der Waals surface area (Å²) < 4.78 is 10.4. The maximum absolute atomic E-state index is 12.9. The minimum atomic E-state index is -0.248. The van der Waals surface area contributed by atoms with Gasteiger partial charge in [-0.25, -0.2) is 0 Å². The number of methoxy groups -OCH3 is 1. The van der Waals surface area contributed by atoms with Gasteiger partial charge in [0.15, 0.2) is 0 Å². The van der Waals surface area contributed by atoms with Crippen LogP contribution < -0.4 is 5.32 Å². The fourth-order valence-corrected chi connectivity index (χ4v) is 3.69. The van der Waals surface area contributed by atoms with E-state index >= 15 is 0 Å². The summed E-state index contributed by atoms with van der Waals surface area (Å²) in [4.78, 5) is 30.9. The number of hydrogen-bond donors (Lipinski definition) is 1. The molecule has 3 rings (SSSR count). The van der Waals surface area contributed by atoms with Crippen LogP contribution >= 0.6 is 0 Å². The van der Waals surface area contributed by atoms with Gasteiger partial charge >= 0.3 is 0 Å². The van der Waals surface area contributed by atoms with Crippen LogP contribution in [0, 0.1) is 11.3 Å². The molecule has 1 spiro atoms.